The number of imide groups is 1. The molecule has 1 spiro atoms. The van der Waals surface area contributed by atoms with Gasteiger partial charge in [-0.05, 0) is 24.0 Å². The van der Waals surface area contributed by atoms with E-state index in [1.54, 1.807) is 0 Å². The molecule has 4 unspecified atom stereocenters. The van der Waals surface area contributed by atoms with Gasteiger partial charge in [0.2, 0.25) is 0 Å². The molecule has 144 valence electrons. The van der Waals surface area contributed by atoms with Crippen molar-refractivity contribution in [2.45, 2.75) is 43.3 Å². The fourth-order valence-corrected chi connectivity index (χ4v) is 5.73. The molecule has 2 aromatic carbocycles. The van der Waals surface area contributed by atoms with Crippen LogP contribution in [0.4, 0.5) is 4.79 Å². The Labute approximate surface area is 164 Å². The lowest BCUT2D eigenvalue weighted by molar-refractivity contribution is -0.132. The van der Waals surface area contributed by atoms with Gasteiger partial charge in [-0.15, -0.1) is 0 Å². The van der Waals surface area contributed by atoms with Crippen LogP contribution in [0.15, 0.2) is 60.7 Å². The number of hydrogen-bond acceptors (Lipinski definition) is 3. The van der Waals surface area contributed by atoms with Gasteiger partial charge in [0.15, 0.2) is 0 Å². The van der Waals surface area contributed by atoms with Crippen LogP contribution < -0.4 is 16.0 Å². The molecule has 5 nitrogen and oxygen atoms in total. The van der Waals surface area contributed by atoms with Gasteiger partial charge in [0, 0.05) is 23.9 Å². The SMILES string of the molecule is O=C1NC(=O)C2(N1)C1CCCCC2C(c2ccccc2)NC1c1ccccc1. The van der Waals surface area contributed by atoms with Crippen molar-refractivity contribution in [2.24, 2.45) is 11.8 Å². The Morgan fingerprint density at radius 2 is 1.25 bits per heavy atom. The third-order valence-corrected chi connectivity index (χ3v) is 6.85. The first-order valence-corrected chi connectivity index (χ1v) is 10.2. The molecule has 2 saturated heterocycles. The third kappa shape index (κ3) is 2.57. The molecular weight excluding hydrogens is 350 g/mol. The van der Waals surface area contributed by atoms with Crippen LogP contribution >= 0.6 is 0 Å². The predicted molar refractivity (Wildman–Crippen MR) is 106 cm³/mol. The Morgan fingerprint density at radius 3 is 1.68 bits per heavy atom. The molecule has 1 aliphatic carbocycles. The zero-order valence-corrected chi connectivity index (χ0v) is 15.7. The molecule has 3 amide bonds. The smallest absolute Gasteiger partial charge is 0.322 e. The number of rotatable bonds is 2. The largest absolute Gasteiger partial charge is 0.323 e. The van der Waals surface area contributed by atoms with Crippen molar-refractivity contribution < 1.29 is 9.59 Å². The van der Waals surface area contributed by atoms with E-state index in [2.05, 4.69) is 40.2 Å². The number of carbonyl (C=O) groups excluding carboxylic acids is 2. The van der Waals surface area contributed by atoms with Gasteiger partial charge in [-0.2, -0.15) is 0 Å². The molecule has 5 heteroatoms. The van der Waals surface area contributed by atoms with Crippen molar-refractivity contribution in [3.8, 4) is 0 Å². The summed E-state index contributed by atoms with van der Waals surface area (Å²) in [5.41, 5.74) is 1.48. The third-order valence-electron chi connectivity index (χ3n) is 6.85. The van der Waals surface area contributed by atoms with Gasteiger partial charge in [0.1, 0.15) is 5.54 Å². The van der Waals surface area contributed by atoms with E-state index in [0.717, 1.165) is 25.7 Å². The lowest BCUT2D eigenvalue weighted by Gasteiger charge is -2.52. The van der Waals surface area contributed by atoms with Crippen LogP contribution in [0.5, 0.6) is 0 Å². The fourth-order valence-electron chi connectivity index (χ4n) is 5.73. The van der Waals surface area contributed by atoms with Gasteiger partial charge in [-0.1, -0.05) is 73.5 Å². The topological polar surface area (TPSA) is 70.2 Å². The van der Waals surface area contributed by atoms with Crippen LogP contribution in [0, 0.1) is 11.8 Å². The first-order valence-electron chi connectivity index (χ1n) is 10.2. The van der Waals surface area contributed by atoms with Crippen molar-refractivity contribution in [1.29, 1.82) is 0 Å². The van der Waals surface area contributed by atoms with E-state index in [4.69, 9.17) is 0 Å². The van der Waals surface area contributed by atoms with Gasteiger partial charge in [-0.25, -0.2) is 4.79 Å². The molecule has 1 saturated carbocycles. The van der Waals surface area contributed by atoms with E-state index in [1.165, 1.54) is 11.1 Å². The normalized spacial score (nSPS) is 34.6. The summed E-state index contributed by atoms with van der Waals surface area (Å²) in [6, 6.07) is 20.3. The molecule has 3 fully saturated rings. The summed E-state index contributed by atoms with van der Waals surface area (Å²) in [6.45, 7) is 0. The van der Waals surface area contributed by atoms with E-state index >= 15 is 0 Å². The Kier molecular flexibility index (Phi) is 4.20. The summed E-state index contributed by atoms with van der Waals surface area (Å²) in [7, 11) is 0. The maximum absolute atomic E-state index is 13.3. The lowest BCUT2D eigenvalue weighted by Crippen LogP contribution is -2.67. The van der Waals surface area contributed by atoms with Gasteiger partial charge in [0.05, 0.1) is 0 Å². The standard InChI is InChI=1S/C23H25N3O2/c27-21-23(26-22(28)25-21)17-13-7-8-14-18(23)20(16-11-5-2-6-12-16)24-19(17)15-9-3-1-4-10-15/h1-6,9-12,17-20,24H,7-8,13-14H2,(H2,25,26,27,28). The van der Waals surface area contributed by atoms with E-state index in [1.807, 2.05) is 36.4 Å². The Morgan fingerprint density at radius 1 is 0.750 bits per heavy atom. The van der Waals surface area contributed by atoms with E-state index in [9.17, 15) is 9.59 Å². The highest BCUT2D eigenvalue weighted by atomic mass is 16.2. The van der Waals surface area contributed by atoms with Crippen molar-refractivity contribution in [2.75, 3.05) is 0 Å². The summed E-state index contributed by atoms with van der Waals surface area (Å²) < 4.78 is 0. The van der Waals surface area contributed by atoms with Crippen molar-refractivity contribution >= 4 is 11.9 Å². The van der Waals surface area contributed by atoms with Crippen LogP contribution in [0.1, 0.15) is 48.9 Å². The molecule has 0 aromatic heterocycles. The minimum absolute atomic E-state index is 0.00454. The lowest BCUT2D eigenvalue weighted by atomic mass is 9.62. The van der Waals surface area contributed by atoms with Gasteiger partial charge >= 0.3 is 6.03 Å². The highest BCUT2D eigenvalue weighted by Gasteiger charge is 2.63. The van der Waals surface area contributed by atoms with Crippen LogP contribution in [0.3, 0.4) is 0 Å². The van der Waals surface area contributed by atoms with Gasteiger partial charge < -0.3 is 10.6 Å². The van der Waals surface area contributed by atoms with Gasteiger partial charge in [0.25, 0.3) is 5.91 Å². The molecule has 4 atom stereocenters. The second-order valence-corrected chi connectivity index (χ2v) is 8.22. The highest BCUT2D eigenvalue weighted by Crippen LogP contribution is 2.53. The average Bonchev–Trinajstić information content (AvgIpc) is 2.96. The maximum atomic E-state index is 13.3. The molecule has 28 heavy (non-hydrogen) atoms. The number of urea groups is 1. The van der Waals surface area contributed by atoms with Crippen molar-refractivity contribution in [3.05, 3.63) is 71.8 Å². The number of carbonyl (C=O) groups is 2. The second kappa shape index (κ2) is 6.74. The summed E-state index contributed by atoms with van der Waals surface area (Å²) in [6.07, 6.45) is 3.97. The molecule has 0 radical (unpaired) electrons. The summed E-state index contributed by atoms with van der Waals surface area (Å²) >= 11 is 0. The minimum atomic E-state index is -0.861. The highest BCUT2D eigenvalue weighted by molar-refractivity contribution is 6.07. The van der Waals surface area contributed by atoms with Crippen LogP contribution in [0.2, 0.25) is 0 Å². The first kappa shape index (κ1) is 17.4. The molecule has 5 rings (SSSR count). The van der Waals surface area contributed by atoms with Crippen LogP contribution in [-0.4, -0.2) is 17.5 Å². The zero-order valence-electron chi connectivity index (χ0n) is 15.7. The number of amides is 3. The molecule has 2 aromatic rings. The summed E-state index contributed by atoms with van der Waals surface area (Å²) in [5.74, 6) is -0.111. The number of piperidine rings is 1. The van der Waals surface area contributed by atoms with E-state index in [-0.39, 0.29) is 35.9 Å². The Bertz CT molecular complexity index is 828. The van der Waals surface area contributed by atoms with E-state index < -0.39 is 5.54 Å². The molecule has 2 aliphatic heterocycles. The Balaban J connectivity index is 1.69. The van der Waals surface area contributed by atoms with Crippen LogP contribution in [-0.2, 0) is 4.79 Å². The maximum Gasteiger partial charge on any atom is 0.322 e. The molecule has 2 heterocycles. The first-order chi connectivity index (χ1) is 13.7. The molecule has 3 N–H and O–H groups in total. The average molecular weight is 375 g/mol. The second-order valence-electron chi connectivity index (χ2n) is 8.22. The predicted octanol–water partition coefficient (Wildman–Crippen LogP) is 3.46. The quantitative estimate of drug-likeness (QED) is 0.704. The summed E-state index contributed by atoms with van der Waals surface area (Å²) in [4.78, 5) is 25.6. The number of hydrogen-bond donors (Lipinski definition) is 3. The molecule has 2 bridgehead atoms. The molecule has 3 aliphatic rings. The number of nitrogens with one attached hydrogen (secondary N) is 3. The number of benzene rings is 2. The zero-order chi connectivity index (χ0) is 19.1. The minimum Gasteiger partial charge on any atom is -0.323 e. The van der Waals surface area contributed by atoms with Gasteiger partial charge in [-0.3, -0.25) is 10.1 Å². The Hall–Kier alpha value is -2.66. The molecular formula is C23H25N3O2. The monoisotopic (exact) mass is 375 g/mol. The summed E-state index contributed by atoms with van der Waals surface area (Å²) in [5, 5.41) is 9.57. The fraction of sp³-hybridized carbons (Fsp3) is 0.391. The van der Waals surface area contributed by atoms with Crippen molar-refractivity contribution in [3.63, 3.8) is 0 Å². The van der Waals surface area contributed by atoms with E-state index in [0.29, 0.717) is 0 Å². The van der Waals surface area contributed by atoms with Crippen LogP contribution in [0.25, 0.3) is 0 Å². The van der Waals surface area contributed by atoms with Crippen molar-refractivity contribution in [1.82, 2.24) is 16.0 Å².